The summed E-state index contributed by atoms with van der Waals surface area (Å²) in [4.78, 5) is 0. The summed E-state index contributed by atoms with van der Waals surface area (Å²) in [5, 5.41) is -0.202. The maximum atomic E-state index is 13.6. The van der Waals surface area contributed by atoms with E-state index in [-0.39, 0.29) is 21.9 Å². The van der Waals surface area contributed by atoms with Crippen LogP contribution in [-0.2, 0) is 0 Å². The van der Waals surface area contributed by atoms with Crippen molar-refractivity contribution < 1.29 is 22.3 Å². The van der Waals surface area contributed by atoms with E-state index in [0.717, 1.165) is 6.07 Å². The summed E-state index contributed by atoms with van der Waals surface area (Å²) in [6.45, 7) is -3.05. The molecule has 0 aliphatic heterocycles. The molecule has 6 heteroatoms. The summed E-state index contributed by atoms with van der Waals surface area (Å²) in [5.41, 5.74) is -0.0402. The quantitative estimate of drug-likeness (QED) is 0.732. The van der Waals surface area contributed by atoms with Crippen molar-refractivity contribution in [3.63, 3.8) is 0 Å². The van der Waals surface area contributed by atoms with Crippen LogP contribution in [0, 0.1) is 11.6 Å². The first-order chi connectivity index (χ1) is 9.00. The number of alkyl halides is 2. The van der Waals surface area contributed by atoms with Crippen LogP contribution in [0.1, 0.15) is 0 Å². The third-order valence-electron chi connectivity index (χ3n) is 2.42. The Labute approximate surface area is 111 Å². The average molecular weight is 291 g/mol. The van der Waals surface area contributed by atoms with Crippen LogP contribution in [0.25, 0.3) is 11.1 Å². The molecule has 0 saturated heterocycles. The van der Waals surface area contributed by atoms with Gasteiger partial charge in [-0.1, -0.05) is 35.9 Å². The summed E-state index contributed by atoms with van der Waals surface area (Å²) >= 11 is 5.86. The van der Waals surface area contributed by atoms with E-state index in [1.807, 2.05) is 0 Å². The van der Waals surface area contributed by atoms with E-state index < -0.39 is 18.2 Å². The molecule has 2 aromatic carbocycles. The first kappa shape index (κ1) is 13.7. The normalized spacial score (nSPS) is 10.8. The van der Waals surface area contributed by atoms with Crippen LogP contribution in [-0.4, -0.2) is 6.61 Å². The van der Waals surface area contributed by atoms with Gasteiger partial charge in [-0.05, 0) is 12.1 Å². The minimum atomic E-state index is -3.05. The number of hydrogen-bond donors (Lipinski definition) is 0. The Morgan fingerprint density at radius 3 is 2.26 bits per heavy atom. The van der Waals surface area contributed by atoms with Crippen molar-refractivity contribution in [1.82, 2.24) is 0 Å². The lowest BCUT2D eigenvalue weighted by Crippen LogP contribution is -2.02. The summed E-state index contributed by atoms with van der Waals surface area (Å²) < 4.78 is 55.3. The van der Waals surface area contributed by atoms with Crippen molar-refractivity contribution in [2.24, 2.45) is 0 Å². The van der Waals surface area contributed by atoms with E-state index in [2.05, 4.69) is 4.74 Å². The van der Waals surface area contributed by atoms with Crippen molar-refractivity contribution in [3.05, 3.63) is 53.1 Å². The number of benzene rings is 2. The zero-order chi connectivity index (χ0) is 14.0. The van der Waals surface area contributed by atoms with Crippen LogP contribution >= 0.6 is 11.6 Å². The third kappa shape index (κ3) is 2.81. The molecule has 1 nitrogen and oxygen atoms in total. The molecule has 0 atom stereocenters. The number of rotatable bonds is 3. The molecule has 0 aliphatic rings. The largest absolute Gasteiger partial charge is 0.433 e. The molecule has 100 valence electrons. The second-order valence-electron chi connectivity index (χ2n) is 3.60. The molecule has 2 aromatic rings. The van der Waals surface area contributed by atoms with E-state index in [1.165, 1.54) is 30.3 Å². The maximum Gasteiger partial charge on any atom is 0.387 e. The lowest BCUT2D eigenvalue weighted by molar-refractivity contribution is -0.0497. The highest BCUT2D eigenvalue weighted by Gasteiger charge is 2.16. The molecule has 19 heavy (non-hydrogen) atoms. The van der Waals surface area contributed by atoms with Crippen molar-refractivity contribution in [1.29, 1.82) is 0 Å². The minimum Gasteiger partial charge on any atom is -0.433 e. The number of halogens is 5. The maximum absolute atomic E-state index is 13.6. The summed E-state index contributed by atoms with van der Waals surface area (Å²) in [7, 11) is 0. The molecule has 0 saturated carbocycles. The van der Waals surface area contributed by atoms with Gasteiger partial charge in [0.05, 0.1) is 5.02 Å². The Bertz CT molecular complexity index is 601. The summed E-state index contributed by atoms with van der Waals surface area (Å²) in [6.07, 6.45) is 0. The van der Waals surface area contributed by atoms with Crippen LogP contribution in [0.5, 0.6) is 5.75 Å². The molecule has 0 spiro atoms. The lowest BCUT2D eigenvalue weighted by Gasteiger charge is -2.11. The molecule has 0 amide bonds. The molecular formula is C13H7ClF4O. The fraction of sp³-hybridized carbons (Fsp3) is 0.0769. The molecule has 0 N–H and O–H groups in total. The first-order valence-electron chi connectivity index (χ1n) is 5.18. The van der Waals surface area contributed by atoms with Gasteiger partial charge >= 0.3 is 6.61 Å². The summed E-state index contributed by atoms with van der Waals surface area (Å²) in [5.74, 6) is -2.44. The van der Waals surface area contributed by atoms with E-state index in [1.54, 1.807) is 0 Å². The molecule has 0 aromatic heterocycles. The van der Waals surface area contributed by atoms with Gasteiger partial charge in [-0.3, -0.25) is 0 Å². The minimum absolute atomic E-state index is 0.0804. The van der Waals surface area contributed by atoms with Crippen LogP contribution in [0.3, 0.4) is 0 Å². The van der Waals surface area contributed by atoms with Crippen molar-refractivity contribution in [2.75, 3.05) is 0 Å². The van der Waals surface area contributed by atoms with Crippen molar-refractivity contribution in [3.8, 4) is 16.9 Å². The fourth-order valence-electron chi connectivity index (χ4n) is 1.62. The van der Waals surface area contributed by atoms with Gasteiger partial charge in [0.2, 0.25) is 0 Å². The van der Waals surface area contributed by atoms with Crippen LogP contribution in [0.15, 0.2) is 36.4 Å². The Balaban J connectivity index is 2.54. The van der Waals surface area contributed by atoms with Gasteiger partial charge in [-0.15, -0.1) is 0 Å². The first-order valence-corrected chi connectivity index (χ1v) is 5.56. The second-order valence-corrected chi connectivity index (χ2v) is 3.98. The number of ether oxygens (including phenoxy) is 1. The van der Waals surface area contributed by atoms with Crippen molar-refractivity contribution >= 4 is 11.6 Å². The molecule has 0 fully saturated rings. The molecular weight excluding hydrogens is 284 g/mol. The Hall–Kier alpha value is -1.75. The fourth-order valence-corrected chi connectivity index (χ4v) is 1.89. The Morgan fingerprint density at radius 1 is 0.947 bits per heavy atom. The monoisotopic (exact) mass is 290 g/mol. The lowest BCUT2D eigenvalue weighted by atomic mass is 10.0. The third-order valence-corrected chi connectivity index (χ3v) is 2.81. The molecule has 0 heterocycles. The van der Waals surface area contributed by atoms with Gasteiger partial charge in [0.25, 0.3) is 0 Å². The predicted molar refractivity (Wildman–Crippen MR) is 63.4 cm³/mol. The Kier molecular flexibility index (Phi) is 3.95. The van der Waals surface area contributed by atoms with Gasteiger partial charge in [0.1, 0.15) is 5.75 Å². The van der Waals surface area contributed by atoms with Gasteiger partial charge in [-0.25, -0.2) is 8.78 Å². The molecule has 0 bridgehead atoms. The van der Waals surface area contributed by atoms with Crippen LogP contribution in [0.2, 0.25) is 5.02 Å². The Morgan fingerprint density at radius 2 is 1.58 bits per heavy atom. The van der Waals surface area contributed by atoms with E-state index in [4.69, 9.17) is 11.6 Å². The molecule has 0 aliphatic carbocycles. The predicted octanol–water partition coefficient (Wildman–Crippen LogP) is 4.89. The van der Waals surface area contributed by atoms with Gasteiger partial charge < -0.3 is 4.74 Å². The van der Waals surface area contributed by atoms with E-state index in [9.17, 15) is 17.6 Å². The topological polar surface area (TPSA) is 9.23 Å². The van der Waals surface area contributed by atoms with Crippen LogP contribution in [0.4, 0.5) is 17.6 Å². The highest BCUT2D eigenvalue weighted by Crippen LogP contribution is 2.37. The SMILES string of the molecule is Fc1cccc(-c2cccc(OC(F)F)c2Cl)c1F. The average Bonchev–Trinajstić information content (AvgIpc) is 2.35. The molecule has 0 unspecified atom stereocenters. The highest BCUT2D eigenvalue weighted by atomic mass is 35.5. The van der Waals surface area contributed by atoms with E-state index in [0.29, 0.717) is 0 Å². The van der Waals surface area contributed by atoms with Gasteiger partial charge in [0.15, 0.2) is 11.6 Å². The van der Waals surface area contributed by atoms with Gasteiger partial charge in [-0.2, -0.15) is 8.78 Å². The smallest absolute Gasteiger partial charge is 0.387 e. The number of hydrogen-bond acceptors (Lipinski definition) is 1. The standard InChI is InChI=1S/C13H7ClF4O/c14-11-7(3-2-6-10(11)19-13(17)18)8-4-1-5-9(15)12(8)16/h1-6,13H. The highest BCUT2D eigenvalue weighted by molar-refractivity contribution is 6.34. The second kappa shape index (κ2) is 5.48. The van der Waals surface area contributed by atoms with E-state index >= 15 is 0 Å². The molecule has 0 radical (unpaired) electrons. The van der Waals surface area contributed by atoms with Gasteiger partial charge in [0, 0.05) is 11.1 Å². The zero-order valence-electron chi connectivity index (χ0n) is 9.34. The van der Waals surface area contributed by atoms with Crippen molar-refractivity contribution in [2.45, 2.75) is 6.61 Å². The molecule has 2 rings (SSSR count). The zero-order valence-corrected chi connectivity index (χ0v) is 10.1. The summed E-state index contributed by atoms with van der Waals surface area (Å²) in [6, 6.07) is 7.51. The van der Waals surface area contributed by atoms with Crippen LogP contribution < -0.4 is 4.74 Å².